The molecule has 0 aromatic heterocycles. The van der Waals surface area contributed by atoms with Gasteiger partial charge in [0, 0.05) is 19.5 Å². The third kappa shape index (κ3) is 5.27. The predicted molar refractivity (Wildman–Crippen MR) is 123 cm³/mol. The molecular weight excluding hydrogens is 388 g/mol. The van der Waals surface area contributed by atoms with Gasteiger partial charge in [-0.25, -0.2) is 0 Å². The van der Waals surface area contributed by atoms with Gasteiger partial charge in [0.05, 0.1) is 6.04 Å². The van der Waals surface area contributed by atoms with Crippen molar-refractivity contribution in [1.29, 1.82) is 0 Å². The summed E-state index contributed by atoms with van der Waals surface area (Å²) in [7, 11) is 0. The minimum absolute atomic E-state index is 0.0834. The Kier molecular flexibility index (Phi) is 7.72. The number of benzene rings is 2. The van der Waals surface area contributed by atoms with E-state index in [1.54, 1.807) is 0 Å². The van der Waals surface area contributed by atoms with Crippen LogP contribution in [0.1, 0.15) is 68.3 Å². The maximum atomic E-state index is 12.8. The van der Waals surface area contributed by atoms with E-state index in [4.69, 9.17) is 4.74 Å². The van der Waals surface area contributed by atoms with Crippen molar-refractivity contribution >= 4 is 11.8 Å². The topological polar surface area (TPSA) is 58.6 Å². The molecule has 1 aliphatic rings. The summed E-state index contributed by atoms with van der Waals surface area (Å²) in [5.41, 5.74) is 4.59. The van der Waals surface area contributed by atoms with Gasteiger partial charge in [0.15, 0.2) is 6.10 Å². The number of fused-ring (bicyclic) bond motifs is 1. The van der Waals surface area contributed by atoms with Crippen molar-refractivity contribution in [2.75, 3.05) is 13.1 Å². The molecule has 0 bridgehead atoms. The molecule has 166 valence electrons. The highest BCUT2D eigenvalue weighted by molar-refractivity contribution is 5.81. The van der Waals surface area contributed by atoms with Crippen LogP contribution in [0.4, 0.5) is 0 Å². The molecule has 5 heteroatoms. The van der Waals surface area contributed by atoms with Gasteiger partial charge in [0.25, 0.3) is 5.91 Å². The summed E-state index contributed by atoms with van der Waals surface area (Å²) in [5.74, 6) is 0.730. The molecule has 2 atom stereocenters. The van der Waals surface area contributed by atoms with Crippen molar-refractivity contribution in [1.82, 2.24) is 10.2 Å². The largest absolute Gasteiger partial charge is 0.481 e. The Morgan fingerprint density at radius 3 is 2.52 bits per heavy atom. The maximum absolute atomic E-state index is 12.8. The lowest BCUT2D eigenvalue weighted by Gasteiger charge is -2.38. The molecular formula is C26H34N2O3. The molecule has 1 aliphatic heterocycles. The number of rotatable bonds is 8. The summed E-state index contributed by atoms with van der Waals surface area (Å²) in [6, 6.07) is 14.3. The molecule has 1 N–H and O–H groups in total. The van der Waals surface area contributed by atoms with Crippen molar-refractivity contribution in [3.63, 3.8) is 0 Å². The quantitative estimate of drug-likeness (QED) is 0.678. The zero-order valence-corrected chi connectivity index (χ0v) is 19.1. The highest BCUT2D eigenvalue weighted by Gasteiger charge is 2.32. The Labute approximate surface area is 185 Å². The number of ether oxygens (including phenoxy) is 1. The molecule has 0 spiro atoms. The van der Waals surface area contributed by atoms with Gasteiger partial charge in [-0.15, -0.1) is 0 Å². The van der Waals surface area contributed by atoms with Gasteiger partial charge in [0.2, 0.25) is 5.91 Å². The zero-order chi connectivity index (χ0) is 22.4. The summed E-state index contributed by atoms with van der Waals surface area (Å²) in [6.45, 7) is 9.30. The van der Waals surface area contributed by atoms with Crippen molar-refractivity contribution < 1.29 is 14.3 Å². The van der Waals surface area contributed by atoms with E-state index in [1.807, 2.05) is 37.8 Å². The van der Waals surface area contributed by atoms with Crippen LogP contribution in [-0.4, -0.2) is 35.9 Å². The highest BCUT2D eigenvalue weighted by Crippen LogP contribution is 2.37. The molecule has 31 heavy (non-hydrogen) atoms. The lowest BCUT2D eigenvalue weighted by atomic mass is 9.87. The van der Waals surface area contributed by atoms with Gasteiger partial charge in [0.1, 0.15) is 5.75 Å². The van der Waals surface area contributed by atoms with Gasteiger partial charge < -0.3 is 15.0 Å². The van der Waals surface area contributed by atoms with Gasteiger partial charge in [-0.05, 0) is 55.0 Å². The van der Waals surface area contributed by atoms with Crippen LogP contribution in [0.25, 0.3) is 0 Å². The van der Waals surface area contributed by atoms with Gasteiger partial charge in [-0.3, -0.25) is 9.59 Å². The first-order valence-corrected chi connectivity index (χ1v) is 11.4. The third-order valence-electron chi connectivity index (χ3n) is 5.85. The predicted octanol–water partition coefficient (Wildman–Crippen LogP) is 4.56. The number of amides is 2. The second-order valence-electron chi connectivity index (χ2n) is 8.17. The average Bonchev–Trinajstić information content (AvgIpc) is 2.80. The van der Waals surface area contributed by atoms with Gasteiger partial charge >= 0.3 is 0 Å². The monoisotopic (exact) mass is 422 g/mol. The number of hydrogen-bond acceptors (Lipinski definition) is 3. The summed E-state index contributed by atoms with van der Waals surface area (Å²) >= 11 is 0. The minimum Gasteiger partial charge on any atom is -0.481 e. The number of hydrogen-bond donors (Lipinski definition) is 1. The Morgan fingerprint density at radius 2 is 1.87 bits per heavy atom. The number of nitrogens with zero attached hydrogens (tertiary/aromatic N) is 1. The summed E-state index contributed by atoms with van der Waals surface area (Å²) in [5, 5.41) is 2.92. The fraction of sp³-hybridized carbons (Fsp3) is 0.462. The lowest BCUT2D eigenvalue weighted by Crippen LogP contribution is -2.40. The number of nitrogens with one attached hydrogen (secondary N) is 1. The molecule has 0 radical (unpaired) electrons. The van der Waals surface area contributed by atoms with Crippen LogP contribution < -0.4 is 10.1 Å². The smallest absolute Gasteiger partial charge is 0.261 e. The Morgan fingerprint density at radius 1 is 1.13 bits per heavy atom. The van der Waals surface area contributed by atoms with Crippen molar-refractivity contribution in [3.8, 4) is 5.75 Å². The third-order valence-corrected chi connectivity index (χ3v) is 5.85. The molecule has 2 aromatic carbocycles. The van der Waals surface area contributed by atoms with E-state index in [-0.39, 0.29) is 17.9 Å². The second kappa shape index (κ2) is 10.5. The fourth-order valence-electron chi connectivity index (χ4n) is 4.10. The fourth-order valence-corrected chi connectivity index (χ4v) is 4.10. The van der Waals surface area contributed by atoms with E-state index in [9.17, 15) is 9.59 Å². The van der Waals surface area contributed by atoms with Crippen molar-refractivity contribution in [3.05, 3.63) is 64.7 Å². The highest BCUT2D eigenvalue weighted by atomic mass is 16.5. The van der Waals surface area contributed by atoms with Crippen molar-refractivity contribution in [2.45, 2.75) is 65.5 Å². The van der Waals surface area contributed by atoms with Gasteiger partial charge in [-0.2, -0.15) is 0 Å². The van der Waals surface area contributed by atoms with Crippen LogP contribution in [0.2, 0.25) is 0 Å². The Bertz CT molecular complexity index is 907. The van der Waals surface area contributed by atoms with Crippen LogP contribution in [0.3, 0.4) is 0 Å². The van der Waals surface area contributed by atoms with Crippen LogP contribution >= 0.6 is 0 Å². The Hall–Kier alpha value is -2.82. The first-order chi connectivity index (χ1) is 15.0. The minimum atomic E-state index is -0.528. The standard InChI is InChI=1S/C26H34N2O3/c1-5-15-27-26(30)23(6-2)31-21-13-12-19-14-16-28(24(29)7-3)25(22(19)17-21)20-10-8-18(4)9-11-20/h8-13,17,23,25H,5-7,14-16H2,1-4H3,(H,27,30). The molecule has 0 saturated carbocycles. The van der Waals surface area contributed by atoms with Gasteiger partial charge in [-0.1, -0.05) is 56.7 Å². The molecule has 2 unspecified atom stereocenters. The van der Waals surface area contributed by atoms with Crippen LogP contribution in [0.5, 0.6) is 5.75 Å². The molecule has 0 saturated heterocycles. The SMILES string of the molecule is CCCNC(=O)C(CC)Oc1ccc2c(c1)C(c1ccc(C)cc1)N(C(=O)CC)CC2. The van der Waals surface area contributed by atoms with E-state index in [2.05, 4.69) is 42.6 Å². The number of aryl methyl sites for hydroxylation is 1. The summed E-state index contributed by atoms with van der Waals surface area (Å²) < 4.78 is 6.10. The van der Waals surface area contributed by atoms with Crippen molar-refractivity contribution in [2.24, 2.45) is 0 Å². The van der Waals surface area contributed by atoms with E-state index >= 15 is 0 Å². The van der Waals surface area contributed by atoms with Crippen LogP contribution in [-0.2, 0) is 16.0 Å². The molecule has 2 aromatic rings. The van der Waals surface area contributed by atoms with E-state index in [0.717, 1.165) is 24.0 Å². The summed E-state index contributed by atoms with van der Waals surface area (Å²) in [6.07, 6.45) is 2.25. The zero-order valence-electron chi connectivity index (χ0n) is 19.1. The molecule has 1 heterocycles. The first kappa shape index (κ1) is 22.9. The molecule has 0 fully saturated rings. The normalized spacial score (nSPS) is 16.4. The maximum Gasteiger partial charge on any atom is 0.261 e. The first-order valence-electron chi connectivity index (χ1n) is 11.4. The van der Waals surface area contributed by atoms with E-state index in [1.165, 1.54) is 11.1 Å². The number of carbonyl (C=O) groups excluding carboxylic acids is 2. The molecule has 5 nitrogen and oxygen atoms in total. The van der Waals surface area contributed by atoms with E-state index < -0.39 is 6.10 Å². The average molecular weight is 423 g/mol. The lowest BCUT2D eigenvalue weighted by molar-refractivity contribution is -0.133. The Balaban J connectivity index is 1.95. The molecule has 0 aliphatic carbocycles. The molecule has 3 rings (SSSR count). The molecule has 2 amide bonds. The van der Waals surface area contributed by atoms with E-state index in [0.29, 0.717) is 31.7 Å². The number of carbonyl (C=O) groups is 2. The van der Waals surface area contributed by atoms with Crippen LogP contribution in [0.15, 0.2) is 42.5 Å². The second-order valence-corrected chi connectivity index (χ2v) is 8.17. The van der Waals surface area contributed by atoms with Crippen LogP contribution in [0, 0.1) is 6.92 Å². The summed E-state index contributed by atoms with van der Waals surface area (Å²) in [4.78, 5) is 27.2.